The van der Waals surface area contributed by atoms with E-state index in [4.69, 9.17) is 9.47 Å². The number of nitrogens with one attached hydrogen (secondary N) is 1. The van der Waals surface area contributed by atoms with Gasteiger partial charge in [-0.2, -0.15) is 0 Å². The largest absolute Gasteiger partial charge is 0.495 e. The van der Waals surface area contributed by atoms with E-state index in [0.717, 1.165) is 5.56 Å². The molecule has 110 valence electrons. The molecule has 0 fully saturated rings. The van der Waals surface area contributed by atoms with Gasteiger partial charge in [0.25, 0.3) is 5.91 Å². The lowest BCUT2D eigenvalue weighted by atomic mass is 10.3. The number of carbonyl (C=O) groups is 2. The van der Waals surface area contributed by atoms with Crippen molar-refractivity contribution in [2.45, 2.75) is 6.92 Å². The summed E-state index contributed by atoms with van der Waals surface area (Å²) in [5, 5.41) is 4.45. The summed E-state index contributed by atoms with van der Waals surface area (Å²) in [6.45, 7) is 1.48. The van der Waals surface area contributed by atoms with E-state index in [2.05, 4.69) is 5.32 Å². The maximum atomic E-state index is 11.8. The maximum absolute atomic E-state index is 11.8. The van der Waals surface area contributed by atoms with Gasteiger partial charge in [-0.05, 0) is 36.1 Å². The van der Waals surface area contributed by atoms with Crippen molar-refractivity contribution in [2.24, 2.45) is 0 Å². The lowest BCUT2D eigenvalue weighted by Crippen LogP contribution is -2.21. The van der Waals surface area contributed by atoms with Crippen LogP contribution in [-0.4, -0.2) is 25.6 Å². The Bertz CT molecular complexity index is 651. The van der Waals surface area contributed by atoms with Crippen molar-refractivity contribution in [2.75, 3.05) is 19.0 Å². The first-order valence-corrected chi connectivity index (χ1v) is 7.14. The molecule has 0 spiro atoms. The molecular weight excluding hydrogens is 290 g/mol. The predicted octanol–water partition coefficient (Wildman–Crippen LogP) is 2.86. The minimum atomic E-state index is -0.488. The molecule has 0 saturated heterocycles. The lowest BCUT2D eigenvalue weighted by Gasteiger charge is -2.10. The fraction of sp³-hybridized carbons (Fsp3) is 0.200. The summed E-state index contributed by atoms with van der Waals surface area (Å²) < 4.78 is 10.1. The summed E-state index contributed by atoms with van der Waals surface area (Å²) in [6, 6.07) is 8.85. The number of aryl methyl sites for hydroxylation is 1. The number of amides is 1. The quantitative estimate of drug-likeness (QED) is 0.863. The number of methoxy groups -OCH3 is 1. The van der Waals surface area contributed by atoms with Gasteiger partial charge in [0.2, 0.25) is 0 Å². The number of rotatable bonds is 5. The minimum Gasteiger partial charge on any atom is -0.495 e. The summed E-state index contributed by atoms with van der Waals surface area (Å²) in [6.07, 6.45) is 0. The monoisotopic (exact) mass is 305 g/mol. The molecule has 0 atom stereocenters. The van der Waals surface area contributed by atoms with Gasteiger partial charge in [0.15, 0.2) is 6.61 Å². The molecule has 2 rings (SSSR count). The summed E-state index contributed by atoms with van der Waals surface area (Å²) >= 11 is 1.29. The number of hydrogen-bond acceptors (Lipinski definition) is 5. The van der Waals surface area contributed by atoms with Gasteiger partial charge in [-0.25, -0.2) is 4.79 Å². The third kappa shape index (κ3) is 3.82. The number of esters is 1. The highest BCUT2D eigenvalue weighted by Gasteiger charge is 2.14. The average molecular weight is 305 g/mol. The molecule has 0 bridgehead atoms. The van der Waals surface area contributed by atoms with Crippen LogP contribution in [0.3, 0.4) is 0 Å². The molecule has 0 radical (unpaired) electrons. The fourth-order valence-corrected chi connectivity index (χ4v) is 2.53. The topological polar surface area (TPSA) is 64.6 Å². The van der Waals surface area contributed by atoms with Crippen molar-refractivity contribution in [1.82, 2.24) is 0 Å². The van der Waals surface area contributed by atoms with Crippen LogP contribution in [0.2, 0.25) is 0 Å². The Morgan fingerprint density at radius 2 is 2.00 bits per heavy atom. The first kappa shape index (κ1) is 15.1. The smallest absolute Gasteiger partial charge is 0.349 e. The van der Waals surface area contributed by atoms with E-state index in [-0.39, 0.29) is 6.61 Å². The van der Waals surface area contributed by atoms with E-state index in [0.29, 0.717) is 16.3 Å². The summed E-state index contributed by atoms with van der Waals surface area (Å²) in [4.78, 5) is 24.1. The third-order valence-corrected chi connectivity index (χ3v) is 3.76. The van der Waals surface area contributed by atoms with Gasteiger partial charge >= 0.3 is 5.97 Å². The molecule has 0 aliphatic heterocycles. The normalized spacial score (nSPS) is 10.0. The Kier molecular flexibility index (Phi) is 4.94. The van der Waals surface area contributed by atoms with E-state index in [1.807, 2.05) is 13.0 Å². The zero-order chi connectivity index (χ0) is 15.2. The van der Waals surface area contributed by atoms with Crippen molar-refractivity contribution < 1.29 is 19.1 Å². The number of ether oxygens (including phenoxy) is 2. The van der Waals surface area contributed by atoms with Gasteiger partial charge in [0.1, 0.15) is 10.6 Å². The van der Waals surface area contributed by atoms with Crippen molar-refractivity contribution in [3.63, 3.8) is 0 Å². The van der Waals surface area contributed by atoms with Gasteiger partial charge in [-0.1, -0.05) is 12.1 Å². The molecule has 2 aromatic rings. The molecule has 1 amide bonds. The van der Waals surface area contributed by atoms with Gasteiger partial charge in [-0.3, -0.25) is 4.79 Å². The fourth-order valence-electron chi connectivity index (χ4n) is 1.71. The molecule has 0 unspecified atom stereocenters. The van der Waals surface area contributed by atoms with Crippen LogP contribution in [0, 0.1) is 6.92 Å². The van der Waals surface area contributed by atoms with Crippen LogP contribution in [-0.2, 0) is 9.53 Å². The second-order valence-electron chi connectivity index (χ2n) is 4.26. The second kappa shape index (κ2) is 6.90. The van der Waals surface area contributed by atoms with Crippen LogP contribution in [0.4, 0.5) is 5.69 Å². The van der Waals surface area contributed by atoms with E-state index < -0.39 is 11.9 Å². The zero-order valence-corrected chi connectivity index (χ0v) is 12.5. The van der Waals surface area contributed by atoms with E-state index in [1.54, 1.807) is 29.6 Å². The molecule has 1 heterocycles. The Morgan fingerprint density at radius 1 is 1.24 bits per heavy atom. The molecule has 21 heavy (non-hydrogen) atoms. The molecule has 1 aromatic carbocycles. The Hall–Kier alpha value is -2.34. The molecule has 5 nitrogen and oxygen atoms in total. The Balaban J connectivity index is 1.91. The highest BCUT2D eigenvalue weighted by atomic mass is 32.1. The van der Waals surface area contributed by atoms with Crippen molar-refractivity contribution >= 4 is 28.9 Å². The van der Waals surface area contributed by atoms with Gasteiger partial charge in [-0.15, -0.1) is 11.3 Å². The lowest BCUT2D eigenvalue weighted by molar-refractivity contribution is -0.119. The molecule has 6 heteroatoms. The number of anilines is 1. The highest BCUT2D eigenvalue weighted by Crippen LogP contribution is 2.23. The Labute approximate surface area is 126 Å². The van der Waals surface area contributed by atoms with Gasteiger partial charge < -0.3 is 14.8 Å². The molecule has 1 N–H and O–H groups in total. The van der Waals surface area contributed by atoms with Crippen LogP contribution in [0.25, 0.3) is 0 Å². The van der Waals surface area contributed by atoms with Crippen LogP contribution in [0.1, 0.15) is 15.2 Å². The number of thiophene rings is 1. The number of hydrogen-bond donors (Lipinski definition) is 1. The first-order valence-electron chi connectivity index (χ1n) is 6.26. The van der Waals surface area contributed by atoms with Crippen molar-refractivity contribution in [3.8, 4) is 5.75 Å². The van der Waals surface area contributed by atoms with E-state index in [9.17, 15) is 9.59 Å². The zero-order valence-electron chi connectivity index (χ0n) is 11.7. The summed E-state index contributed by atoms with van der Waals surface area (Å²) in [5.74, 6) is -0.356. The molecule has 1 aromatic heterocycles. The van der Waals surface area contributed by atoms with Gasteiger partial charge in [0, 0.05) is 0 Å². The van der Waals surface area contributed by atoms with Crippen LogP contribution < -0.4 is 10.1 Å². The minimum absolute atomic E-state index is 0.339. The van der Waals surface area contributed by atoms with E-state index >= 15 is 0 Å². The van der Waals surface area contributed by atoms with Crippen molar-refractivity contribution in [1.29, 1.82) is 0 Å². The van der Waals surface area contributed by atoms with Gasteiger partial charge in [0.05, 0.1) is 12.8 Å². The van der Waals surface area contributed by atoms with Crippen LogP contribution >= 0.6 is 11.3 Å². The van der Waals surface area contributed by atoms with Crippen LogP contribution in [0.15, 0.2) is 35.7 Å². The number of para-hydroxylation sites is 2. The average Bonchev–Trinajstić information content (AvgIpc) is 2.91. The molecule has 0 aliphatic carbocycles. The van der Waals surface area contributed by atoms with E-state index in [1.165, 1.54) is 18.4 Å². The second-order valence-corrected chi connectivity index (χ2v) is 5.17. The maximum Gasteiger partial charge on any atom is 0.349 e. The molecular formula is C15H15NO4S. The standard InChI is InChI=1S/C15H15NO4S/c1-10-7-8-21-14(10)15(18)20-9-13(17)16-11-5-3-4-6-12(11)19-2/h3-8H,9H2,1-2H3,(H,16,17). The Morgan fingerprint density at radius 3 is 2.67 bits per heavy atom. The van der Waals surface area contributed by atoms with Crippen LogP contribution in [0.5, 0.6) is 5.75 Å². The molecule has 0 aliphatic rings. The first-order chi connectivity index (χ1) is 10.1. The third-order valence-electron chi connectivity index (χ3n) is 2.76. The molecule has 0 saturated carbocycles. The number of benzene rings is 1. The summed E-state index contributed by atoms with van der Waals surface area (Å²) in [7, 11) is 1.52. The summed E-state index contributed by atoms with van der Waals surface area (Å²) in [5.41, 5.74) is 1.38. The number of carbonyl (C=O) groups excluding carboxylic acids is 2. The highest BCUT2D eigenvalue weighted by molar-refractivity contribution is 7.12. The van der Waals surface area contributed by atoms with Crippen molar-refractivity contribution in [3.05, 3.63) is 46.2 Å². The predicted molar refractivity (Wildman–Crippen MR) is 81.0 cm³/mol. The SMILES string of the molecule is COc1ccccc1NC(=O)COC(=O)c1sccc1C.